The van der Waals surface area contributed by atoms with Crippen LogP contribution in [0.25, 0.3) is 0 Å². The van der Waals surface area contributed by atoms with Crippen LogP contribution < -0.4 is 0 Å². The molecule has 0 nitrogen and oxygen atoms in total. The molecule has 18 heavy (non-hydrogen) atoms. The van der Waals surface area contributed by atoms with Gasteiger partial charge in [-0.05, 0) is 10.1 Å². The Balaban J connectivity index is 5.58. The molecule has 0 bridgehead atoms. The molecule has 1 atom stereocenters. The summed E-state index contributed by atoms with van der Waals surface area (Å²) in [7, 11) is -5.25. The summed E-state index contributed by atoms with van der Waals surface area (Å²) in [5, 5.41) is -0.626. The average molecular weight is 299 g/mol. The second-order valence-corrected chi connectivity index (χ2v) is 19.8. The summed E-state index contributed by atoms with van der Waals surface area (Å²) in [6.07, 6.45) is 0. The van der Waals surface area contributed by atoms with E-state index in [0.717, 1.165) is 0 Å². The van der Waals surface area contributed by atoms with Crippen molar-refractivity contribution < 1.29 is 13.2 Å². The third-order valence-corrected chi connectivity index (χ3v) is 20.1. The van der Waals surface area contributed by atoms with E-state index in [2.05, 4.69) is 33.9 Å². The zero-order valence-electron chi connectivity index (χ0n) is 13.3. The molecular weight excluding hydrogens is 269 g/mol. The minimum atomic E-state index is -4.01. The van der Waals surface area contributed by atoms with Crippen LogP contribution in [0.2, 0.25) is 35.4 Å². The van der Waals surface area contributed by atoms with E-state index in [0.29, 0.717) is 5.67 Å². The van der Waals surface area contributed by atoms with E-state index in [1.807, 2.05) is 0 Å². The van der Waals surface area contributed by atoms with Crippen molar-refractivity contribution in [2.24, 2.45) is 0 Å². The van der Waals surface area contributed by atoms with E-state index in [4.69, 9.17) is 0 Å². The molecule has 0 aromatic carbocycles. The maximum absolute atomic E-state index is 13.6. The highest BCUT2D eigenvalue weighted by Gasteiger charge is 2.62. The summed E-state index contributed by atoms with van der Waals surface area (Å²) in [6.45, 7) is 17.3. The molecule has 0 heterocycles. The highest BCUT2D eigenvalue weighted by Crippen LogP contribution is 2.53. The molecule has 0 fully saturated rings. The van der Waals surface area contributed by atoms with Gasteiger partial charge in [0.1, 0.15) is 0 Å². The van der Waals surface area contributed by atoms with Crippen LogP contribution in [0.4, 0.5) is 13.2 Å². The SMILES string of the molecule is CC(C)(C)[Si](C)(C)C[Si](C)(C(C)(C)C)C(F)(F)F. The van der Waals surface area contributed by atoms with Gasteiger partial charge < -0.3 is 0 Å². The minimum absolute atomic E-state index is 0.0117. The van der Waals surface area contributed by atoms with Crippen molar-refractivity contribution in [3.8, 4) is 0 Å². The number of halogens is 3. The Hall–Kier alpha value is 0.224. The molecule has 0 aliphatic heterocycles. The lowest BCUT2D eigenvalue weighted by molar-refractivity contribution is -0.0595. The first-order chi connectivity index (χ1) is 7.46. The Morgan fingerprint density at radius 1 is 0.722 bits per heavy atom. The van der Waals surface area contributed by atoms with Crippen molar-refractivity contribution in [1.82, 2.24) is 0 Å². The second kappa shape index (κ2) is 4.65. The number of rotatable bonds is 2. The van der Waals surface area contributed by atoms with E-state index in [-0.39, 0.29) is 5.04 Å². The molecule has 110 valence electrons. The lowest BCUT2D eigenvalue weighted by atomic mass is 10.2. The summed E-state index contributed by atoms with van der Waals surface area (Å²) in [4.78, 5) is 0. The quantitative estimate of drug-likeness (QED) is 0.547. The van der Waals surface area contributed by atoms with Crippen molar-refractivity contribution in [3.05, 3.63) is 0 Å². The second-order valence-electron chi connectivity index (χ2n) is 8.39. The van der Waals surface area contributed by atoms with Gasteiger partial charge in [-0.2, -0.15) is 13.2 Å². The van der Waals surface area contributed by atoms with Gasteiger partial charge >= 0.3 is 5.80 Å². The van der Waals surface area contributed by atoms with Crippen LogP contribution in [0.5, 0.6) is 0 Å². The lowest BCUT2D eigenvalue weighted by Crippen LogP contribution is -2.60. The highest BCUT2D eigenvalue weighted by molar-refractivity contribution is 6.99. The first kappa shape index (κ1) is 18.2. The Morgan fingerprint density at radius 2 is 1.06 bits per heavy atom. The predicted molar refractivity (Wildman–Crippen MR) is 79.4 cm³/mol. The standard InChI is InChI=1S/C13H29F3Si2/c1-11(2,3)17(7,8)10-18(9,12(4,5)6)13(14,15)16/h10H2,1-9H3. The fourth-order valence-corrected chi connectivity index (χ4v) is 14.9. The summed E-state index contributed by atoms with van der Waals surface area (Å²) < 4.78 is 40.8. The number of hydrogen-bond donors (Lipinski definition) is 0. The van der Waals surface area contributed by atoms with Crippen molar-refractivity contribution in [2.75, 3.05) is 0 Å². The normalized spacial score (nSPS) is 18.7. The summed E-state index contributed by atoms with van der Waals surface area (Å²) >= 11 is 0. The molecule has 0 aliphatic rings. The Morgan fingerprint density at radius 3 is 1.22 bits per heavy atom. The third-order valence-electron chi connectivity index (χ3n) is 5.11. The molecule has 1 unspecified atom stereocenters. The number of alkyl halides is 3. The zero-order chi connectivity index (χ0) is 15.2. The Labute approximate surface area is 112 Å². The molecule has 0 saturated heterocycles. The largest absolute Gasteiger partial charge is 0.361 e. The Kier molecular flexibility index (Phi) is 4.71. The fourth-order valence-electron chi connectivity index (χ4n) is 1.94. The molecule has 0 aliphatic carbocycles. The van der Waals surface area contributed by atoms with Crippen molar-refractivity contribution in [3.63, 3.8) is 0 Å². The van der Waals surface area contributed by atoms with Crippen LogP contribution in [0.15, 0.2) is 0 Å². The maximum Gasteiger partial charge on any atom is 0.361 e. The van der Waals surface area contributed by atoms with Gasteiger partial charge in [-0.1, -0.05) is 66.9 Å². The van der Waals surface area contributed by atoms with Crippen molar-refractivity contribution >= 4 is 16.1 Å². The van der Waals surface area contributed by atoms with Crippen molar-refractivity contribution in [2.45, 2.75) is 82.7 Å². The van der Waals surface area contributed by atoms with E-state index in [9.17, 15) is 13.2 Å². The summed E-state index contributed by atoms with van der Waals surface area (Å²) in [5.41, 5.74) is 0.413. The van der Waals surface area contributed by atoms with Crippen LogP contribution in [0.1, 0.15) is 41.5 Å². The topological polar surface area (TPSA) is 0 Å². The zero-order valence-corrected chi connectivity index (χ0v) is 15.3. The van der Waals surface area contributed by atoms with Crippen LogP contribution in [-0.4, -0.2) is 21.9 Å². The van der Waals surface area contributed by atoms with E-state index < -0.39 is 27.0 Å². The summed E-state index contributed by atoms with van der Waals surface area (Å²) in [6, 6.07) is 0. The molecule has 0 aromatic heterocycles. The summed E-state index contributed by atoms with van der Waals surface area (Å²) in [5.74, 6) is -4.01. The monoisotopic (exact) mass is 298 g/mol. The molecular formula is C13H29F3Si2. The van der Waals surface area contributed by atoms with Gasteiger partial charge in [0, 0.05) is 0 Å². The molecule has 5 heteroatoms. The molecule has 0 saturated carbocycles. The third kappa shape index (κ3) is 3.41. The first-order valence-corrected chi connectivity index (χ1v) is 12.4. The van der Waals surface area contributed by atoms with Gasteiger partial charge in [0.25, 0.3) is 0 Å². The lowest BCUT2D eigenvalue weighted by Gasteiger charge is -2.48. The predicted octanol–water partition coefficient (Wildman–Crippen LogP) is 6.01. The van der Waals surface area contributed by atoms with Gasteiger partial charge in [-0.15, -0.1) is 0 Å². The number of hydrogen-bond acceptors (Lipinski definition) is 0. The fraction of sp³-hybridized carbons (Fsp3) is 1.00. The van der Waals surface area contributed by atoms with E-state index >= 15 is 0 Å². The minimum Gasteiger partial charge on any atom is -0.177 e. The molecule has 0 rings (SSSR count). The molecule has 0 N–H and O–H groups in total. The molecule has 0 amide bonds. The van der Waals surface area contributed by atoms with Crippen LogP contribution in [0.3, 0.4) is 0 Å². The smallest absolute Gasteiger partial charge is 0.177 e. The maximum atomic E-state index is 13.6. The Bertz CT molecular complexity index is 279. The first-order valence-electron chi connectivity index (χ1n) is 6.52. The van der Waals surface area contributed by atoms with Crippen molar-refractivity contribution in [1.29, 1.82) is 0 Å². The van der Waals surface area contributed by atoms with Gasteiger partial charge in [0.2, 0.25) is 0 Å². The van der Waals surface area contributed by atoms with Gasteiger partial charge in [-0.25, -0.2) is 0 Å². The van der Waals surface area contributed by atoms with E-state index in [1.165, 1.54) is 6.55 Å². The van der Waals surface area contributed by atoms with Crippen LogP contribution >= 0.6 is 0 Å². The van der Waals surface area contributed by atoms with Gasteiger partial charge in [-0.3, -0.25) is 0 Å². The molecule has 0 spiro atoms. The molecule has 0 radical (unpaired) electrons. The average Bonchev–Trinajstić information content (AvgIpc) is 1.95. The van der Waals surface area contributed by atoms with Crippen LogP contribution in [0, 0.1) is 0 Å². The van der Waals surface area contributed by atoms with Gasteiger partial charge in [0.05, 0.1) is 8.07 Å². The van der Waals surface area contributed by atoms with Crippen LogP contribution in [-0.2, 0) is 0 Å². The van der Waals surface area contributed by atoms with E-state index in [1.54, 1.807) is 20.8 Å². The molecule has 0 aromatic rings. The highest BCUT2D eigenvalue weighted by atomic mass is 28.4. The van der Waals surface area contributed by atoms with Gasteiger partial charge in [0.15, 0.2) is 8.07 Å².